The fraction of sp³-hybridized carbons (Fsp3) is 0.438. The van der Waals surface area contributed by atoms with Gasteiger partial charge in [-0.1, -0.05) is 0 Å². The fourth-order valence-electron chi connectivity index (χ4n) is 3.17. The Labute approximate surface area is 149 Å². The normalized spacial score (nSPS) is 15.6. The molecule has 0 bridgehead atoms. The van der Waals surface area contributed by atoms with Gasteiger partial charge in [0.1, 0.15) is 10.7 Å². The van der Waals surface area contributed by atoms with E-state index >= 15 is 0 Å². The highest BCUT2D eigenvalue weighted by Gasteiger charge is 2.21. The number of hydrogen-bond donors (Lipinski definition) is 2. The van der Waals surface area contributed by atoms with E-state index in [9.17, 15) is 4.79 Å². The van der Waals surface area contributed by atoms with Crippen molar-refractivity contribution in [3.63, 3.8) is 0 Å². The third kappa shape index (κ3) is 2.87. The first kappa shape index (κ1) is 17.1. The Hall–Kier alpha value is -1.70. The number of H-pyrrole nitrogens is 1. The molecule has 0 radical (unpaired) electrons. The van der Waals surface area contributed by atoms with Crippen LogP contribution >= 0.6 is 23.7 Å². The molecule has 4 heterocycles. The van der Waals surface area contributed by atoms with Crippen molar-refractivity contribution < 1.29 is 0 Å². The number of aromatic nitrogens is 4. The summed E-state index contributed by atoms with van der Waals surface area (Å²) in [4.78, 5) is 20.9. The van der Waals surface area contributed by atoms with Gasteiger partial charge >= 0.3 is 0 Å². The molecule has 2 N–H and O–H groups in total. The zero-order chi connectivity index (χ0) is 16.0. The van der Waals surface area contributed by atoms with Gasteiger partial charge in [-0.2, -0.15) is 5.10 Å². The van der Waals surface area contributed by atoms with E-state index in [-0.39, 0.29) is 18.0 Å². The molecule has 0 aromatic carbocycles. The third-order valence-electron chi connectivity index (χ3n) is 4.55. The van der Waals surface area contributed by atoms with Gasteiger partial charge in [0.2, 0.25) is 0 Å². The topological polar surface area (TPSA) is 75.1 Å². The largest absolute Gasteiger partial charge is 0.317 e. The number of aryl methyl sites for hydroxylation is 2. The quantitative estimate of drug-likeness (QED) is 0.732. The summed E-state index contributed by atoms with van der Waals surface area (Å²) >= 11 is 1.64. The lowest BCUT2D eigenvalue weighted by Gasteiger charge is -2.23. The minimum absolute atomic E-state index is 0. The number of rotatable bonds is 2. The standard InChI is InChI=1S/C16H19N5OS.ClH/c1-9-10(2)23-16(19-9)12-8-18-21-13(7-14(22)20-15(12)21)11-3-5-17-6-4-11;/h7-8,11,17H,3-6H2,1-2H3,(H,20,22);1H. The molecule has 128 valence electrons. The van der Waals surface area contributed by atoms with Crippen LogP contribution in [0, 0.1) is 13.8 Å². The Morgan fingerprint density at radius 3 is 2.71 bits per heavy atom. The second kappa shape index (κ2) is 6.66. The van der Waals surface area contributed by atoms with E-state index < -0.39 is 0 Å². The highest BCUT2D eigenvalue weighted by molar-refractivity contribution is 7.15. The molecule has 24 heavy (non-hydrogen) atoms. The van der Waals surface area contributed by atoms with Gasteiger partial charge in [0.25, 0.3) is 5.56 Å². The summed E-state index contributed by atoms with van der Waals surface area (Å²) in [5.41, 5.74) is 3.61. The molecule has 0 atom stereocenters. The molecular weight excluding hydrogens is 346 g/mol. The fourth-order valence-corrected chi connectivity index (χ4v) is 4.09. The van der Waals surface area contributed by atoms with Crippen LogP contribution < -0.4 is 10.9 Å². The van der Waals surface area contributed by atoms with Crippen molar-refractivity contribution in [2.24, 2.45) is 0 Å². The first-order valence-electron chi connectivity index (χ1n) is 7.89. The summed E-state index contributed by atoms with van der Waals surface area (Å²) in [7, 11) is 0. The lowest BCUT2D eigenvalue weighted by Crippen LogP contribution is -2.28. The van der Waals surface area contributed by atoms with Gasteiger partial charge < -0.3 is 10.3 Å². The van der Waals surface area contributed by atoms with Gasteiger partial charge in [-0.05, 0) is 39.8 Å². The lowest BCUT2D eigenvalue weighted by molar-refractivity contribution is 0.446. The summed E-state index contributed by atoms with van der Waals surface area (Å²) in [6.07, 6.45) is 3.87. The molecular formula is C16H20ClN5OS. The molecule has 3 aromatic rings. The van der Waals surface area contributed by atoms with Crippen LogP contribution in [0.5, 0.6) is 0 Å². The van der Waals surface area contributed by atoms with Crippen LogP contribution in [-0.2, 0) is 0 Å². The Morgan fingerprint density at radius 2 is 2.04 bits per heavy atom. The van der Waals surface area contributed by atoms with Crippen LogP contribution in [0.25, 0.3) is 16.2 Å². The molecule has 0 amide bonds. The number of nitrogens with one attached hydrogen (secondary N) is 2. The molecule has 1 aliphatic heterocycles. The molecule has 1 aliphatic rings. The van der Waals surface area contributed by atoms with Crippen LogP contribution in [0.1, 0.15) is 35.0 Å². The monoisotopic (exact) mass is 365 g/mol. The summed E-state index contributed by atoms with van der Waals surface area (Å²) in [6.45, 7) is 6.03. The van der Waals surface area contributed by atoms with Crippen molar-refractivity contribution in [1.82, 2.24) is 24.9 Å². The molecule has 8 heteroatoms. The Bertz CT molecular complexity index is 903. The molecule has 0 unspecified atom stereocenters. The van der Waals surface area contributed by atoms with Crippen LogP contribution in [0.15, 0.2) is 17.1 Å². The van der Waals surface area contributed by atoms with Gasteiger partial charge in [-0.3, -0.25) is 4.79 Å². The van der Waals surface area contributed by atoms with E-state index in [1.807, 2.05) is 17.6 Å². The molecule has 0 aliphatic carbocycles. The smallest absolute Gasteiger partial charge is 0.251 e. The van der Waals surface area contributed by atoms with E-state index in [4.69, 9.17) is 0 Å². The van der Waals surface area contributed by atoms with Crippen LogP contribution in [0.4, 0.5) is 0 Å². The van der Waals surface area contributed by atoms with E-state index in [0.717, 1.165) is 53.5 Å². The van der Waals surface area contributed by atoms with Crippen molar-refractivity contribution in [2.75, 3.05) is 13.1 Å². The Kier molecular flexibility index (Phi) is 4.76. The summed E-state index contributed by atoms with van der Waals surface area (Å²) < 4.78 is 1.89. The molecule has 6 nitrogen and oxygen atoms in total. The Balaban J connectivity index is 0.00000169. The number of nitrogens with zero attached hydrogens (tertiary/aromatic N) is 3. The number of hydrogen-bond acceptors (Lipinski definition) is 5. The van der Waals surface area contributed by atoms with Gasteiger partial charge in [-0.15, -0.1) is 23.7 Å². The first-order valence-corrected chi connectivity index (χ1v) is 8.71. The van der Waals surface area contributed by atoms with E-state index in [0.29, 0.717) is 5.92 Å². The average molecular weight is 366 g/mol. The molecule has 0 saturated carbocycles. The van der Waals surface area contributed by atoms with Gasteiger partial charge in [0.15, 0.2) is 0 Å². The van der Waals surface area contributed by atoms with Crippen molar-refractivity contribution in [3.8, 4) is 10.6 Å². The van der Waals surface area contributed by atoms with Crippen LogP contribution in [0.3, 0.4) is 0 Å². The second-order valence-corrected chi connectivity index (χ2v) is 7.27. The number of thiazole rings is 1. The predicted molar refractivity (Wildman–Crippen MR) is 98.5 cm³/mol. The molecule has 0 spiro atoms. The van der Waals surface area contributed by atoms with Crippen LogP contribution in [0.2, 0.25) is 0 Å². The number of aromatic amines is 1. The Morgan fingerprint density at radius 1 is 1.29 bits per heavy atom. The number of fused-ring (bicyclic) bond motifs is 1. The average Bonchev–Trinajstić information content (AvgIpc) is 3.11. The van der Waals surface area contributed by atoms with Crippen molar-refractivity contribution >= 4 is 29.4 Å². The predicted octanol–water partition coefficient (Wildman–Crippen LogP) is 2.65. The highest BCUT2D eigenvalue weighted by Crippen LogP contribution is 2.31. The summed E-state index contributed by atoms with van der Waals surface area (Å²) in [5.74, 6) is 0.369. The number of halogens is 1. The van der Waals surface area contributed by atoms with E-state index in [1.54, 1.807) is 17.4 Å². The maximum atomic E-state index is 12.2. The zero-order valence-electron chi connectivity index (χ0n) is 13.6. The molecule has 4 rings (SSSR count). The SMILES string of the molecule is Cc1nc(-c2cnn3c(C4CCNCC4)cc(=O)[nH]c23)sc1C.Cl. The van der Waals surface area contributed by atoms with Crippen molar-refractivity contribution in [3.05, 3.63) is 38.9 Å². The minimum atomic E-state index is -0.0715. The summed E-state index contributed by atoms with van der Waals surface area (Å²) in [6, 6.07) is 1.69. The van der Waals surface area contributed by atoms with E-state index in [2.05, 4.69) is 27.3 Å². The molecule has 1 saturated heterocycles. The lowest BCUT2D eigenvalue weighted by atomic mass is 9.94. The van der Waals surface area contributed by atoms with Crippen LogP contribution in [-0.4, -0.2) is 32.7 Å². The van der Waals surface area contributed by atoms with Crippen molar-refractivity contribution in [2.45, 2.75) is 32.6 Å². The van der Waals surface area contributed by atoms with E-state index in [1.165, 1.54) is 4.88 Å². The number of piperidine rings is 1. The zero-order valence-corrected chi connectivity index (χ0v) is 15.3. The second-order valence-electron chi connectivity index (χ2n) is 6.06. The third-order valence-corrected chi connectivity index (χ3v) is 5.66. The highest BCUT2D eigenvalue weighted by atomic mass is 35.5. The first-order chi connectivity index (χ1) is 11.1. The minimum Gasteiger partial charge on any atom is -0.317 e. The maximum absolute atomic E-state index is 12.2. The molecule has 3 aromatic heterocycles. The van der Waals surface area contributed by atoms with Gasteiger partial charge in [-0.25, -0.2) is 9.50 Å². The van der Waals surface area contributed by atoms with Crippen molar-refractivity contribution in [1.29, 1.82) is 0 Å². The molecule has 1 fully saturated rings. The maximum Gasteiger partial charge on any atom is 0.251 e. The summed E-state index contributed by atoms with van der Waals surface area (Å²) in [5, 5.41) is 8.82. The van der Waals surface area contributed by atoms with Gasteiger partial charge in [0.05, 0.1) is 23.1 Å². The van der Waals surface area contributed by atoms with Gasteiger partial charge in [0, 0.05) is 16.9 Å².